The predicted octanol–water partition coefficient (Wildman–Crippen LogP) is 3.87. The maximum Gasteiger partial charge on any atom is 0.405 e. The van der Waals surface area contributed by atoms with Gasteiger partial charge in [-0.1, -0.05) is 54.6 Å². The first-order valence-electron chi connectivity index (χ1n) is 7.62. The first kappa shape index (κ1) is 15.9. The Kier molecular flexibility index (Phi) is 4.99. The molecule has 0 radical (unpaired) electrons. The summed E-state index contributed by atoms with van der Waals surface area (Å²) in [6.07, 6.45) is 0. The molecule has 0 saturated carbocycles. The Morgan fingerprint density at radius 2 is 0.958 bits per heavy atom. The molecule has 0 aliphatic heterocycles. The topological polar surface area (TPSA) is 47.9 Å². The third-order valence-corrected chi connectivity index (χ3v) is 3.21. The number of benzene rings is 3. The van der Waals surface area contributed by atoms with Gasteiger partial charge in [-0.05, 0) is 36.4 Å². The van der Waals surface area contributed by atoms with E-state index >= 15 is 0 Å². The molecule has 24 heavy (non-hydrogen) atoms. The maximum atomic E-state index is 10.8. The lowest BCUT2D eigenvalue weighted by Gasteiger charge is -2.28. The van der Waals surface area contributed by atoms with Gasteiger partial charge in [0.2, 0.25) is 0 Å². The van der Waals surface area contributed by atoms with Crippen molar-refractivity contribution in [1.82, 2.24) is 0 Å². The Labute approximate surface area is 140 Å². The Balaban J connectivity index is 1.76. The van der Waals surface area contributed by atoms with Crippen molar-refractivity contribution in [1.29, 1.82) is 0 Å². The van der Waals surface area contributed by atoms with Crippen LogP contribution in [-0.4, -0.2) is 17.7 Å². The van der Waals surface area contributed by atoms with Gasteiger partial charge in [0.15, 0.2) is 6.61 Å². The van der Waals surface area contributed by atoms with Crippen molar-refractivity contribution in [2.45, 2.75) is 5.97 Å². The van der Waals surface area contributed by atoms with Gasteiger partial charge in [0.05, 0.1) is 0 Å². The number of aliphatic hydroxyl groups is 1. The van der Waals surface area contributed by atoms with Crippen molar-refractivity contribution in [3.8, 4) is 17.2 Å². The quantitative estimate of drug-likeness (QED) is 0.671. The van der Waals surface area contributed by atoms with E-state index in [9.17, 15) is 5.11 Å². The zero-order valence-electron chi connectivity index (χ0n) is 13.0. The van der Waals surface area contributed by atoms with Crippen LogP contribution >= 0.6 is 0 Å². The third-order valence-electron chi connectivity index (χ3n) is 3.21. The Hall–Kier alpha value is -2.98. The van der Waals surface area contributed by atoms with Crippen molar-refractivity contribution in [2.75, 3.05) is 6.61 Å². The zero-order valence-corrected chi connectivity index (χ0v) is 13.0. The minimum absolute atomic E-state index is 0.194. The largest absolute Gasteiger partial charge is 0.482 e. The van der Waals surface area contributed by atoms with E-state index in [4.69, 9.17) is 14.2 Å². The van der Waals surface area contributed by atoms with Gasteiger partial charge in [-0.2, -0.15) is 0 Å². The highest BCUT2D eigenvalue weighted by atomic mass is 16.8. The molecule has 0 bridgehead atoms. The van der Waals surface area contributed by atoms with Crippen LogP contribution in [0.4, 0.5) is 0 Å². The molecule has 0 aromatic heterocycles. The van der Waals surface area contributed by atoms with Crippen LogP contribution in [0.25, 0.3) is 0 Å². The SMILES string of the molecule is OC(COc1ccccc1)(Oc1ccccc1)Oc1ccccc1. The fourth-order valence-electron chi connectivity index (χ4n) is 2.12. The molecular weight excluding hydrogens is 304 g/mol. The van der Waals surface area contributed by atoms with Gasteiger partial charge >= 0.3 is 5.97 Å². The van der Waals surface area contributed by atoms with Crippen LogP contribution in [0.3, 0.4) is 0 Å². The maximum absolute atomic E-state index is 10.8. The molecule has 4 heteroatoms. The summed E-state index contributed by atoms with van der Waals surface area (Å²) in [5, 5.41) is 10.8. The highest BCUT2D eigenvalue weighted by Gasteiger charge is 2.34. The lowest BCUT2D eigenvalue weighted by atomic mass is 10.3. The van der Waals surface area contributed by atoms with Crippen molar-refractivity contribution in [3.05, 3.63) is 91.0 Å². The van der Waals surface area contributed by atoms with Crippen LogP contribution in [0.1, 0.15) is 0 Å². The van der Waals surface area contributed by atoms with E-state index in [0.717, 1.165) is 0 Å². The van der Waals surface area contributed by atoms with E-state index in [1.165, 1.54) is 0 Å². The van der Waals surface area contributed by atoms with Gasteiger partial charge in [0, 0.05) is 0 Å². The lowest BCUT2D eigenvalue weighted by molar-refractivity contribution is -0.285. The summed E-state index contributed by atoms with van der Waals surface area (Å²) in [6, 6.07) is 27.1. The number of hydrogen-bond donors (Lipinski definition) is 1. The van der Waals surface area contributed by atoms with Crippen molar-refractivity contribution in [3.63, 3.8) is 0 Å². The molecule has 0 unspecified atom stereocenters. The van der Waals surface area contributed by atoms with Gasteiger partial charge in [-0.15, -0.1) is 0 Å². The van der Waals surface area contributed by atoms with Gasteiger partial charge in [0.1, 0.15) is 17.2 Å². The van der Waals surface area contributed by atoms with E-state index < -0.39 is 5.97 Å². The Morgan fingerprint density at radius 1 is 0.583 bits per heavy atom. The van der Waals surface area contributed by atoms with Crippen molar-refractivity contribution in [2.24, 2.45) is 0 Å². The number of rotatable bonds is 7. The summed E-state index contributed by atoms with van der Waals surface area (Å²) in [5.74, 6) is -0.386. The molecule has 0 heterocycles. The van der Waals surface area contributed by atoms with Gasteiger partial charge < -0.3 is 19.3 Å². The van der Waals surface area contributed by atoms with Gasteiger partial charge in [-0.3, -0.25) is 0 Å². The summed E-state index contributed by atoms with van der Waals surface area (Å²) in [4.78, 5) is 0. The van der Waals surface area contributed by atoms with E-state index in [0.29, 0.717) is 17.2 Å². The molecule has 4 nitrogen and oxygen atoms in total. The molecule has 122 valence electrons. The summed E-state index contributed by atoms with van der Waals surface area (Å²) < 4.78 is 16.9. The van der Waals surface area contributed by atoms with Crippen LogP contribution in [-0.2, 0) is 0 Å². The minimum atomic E-state index is -1.96. The first-order chi connectivity index (χ1) is 11.7. The molecule has 0 aliphatic carbocycles. The first-order valence-corrected chi connectivity index (χ1v) is 7.62. The summed E-state index contributed by atoms with van der Waals surface area (Å²) >= 11 is 0. The Bertz CT molecular complexity index is 688. The summed E-state index contributed by atoms with van der Waals surface area (Å²) in [6.45, 7) is -0.194. The molecule has 0 amide bonds. The smallest absolute Gasteiger partial charge is 0.405 e. The van der Waals surface area contributed by atoms with Crippen molar-refractivity contribution < 1.29 is 19.3 Å². The molecule has 3 aromatic carbocycles. The fraction of sp³-hybridized carbons (Fsp3) is 0.100. The number of hydrogen-bond acceptors (Lipinski definition) is 4. The predicted molar refractivity (Wildman–Crippen MR) is 91.0 cm³/mol. The normalized spacial score (nSPS) is 10.9. The summed E-state index contributed by atoms with van der Waals surface area (Å²) in [5.41, 5.74) is 0. The van der Waals surface area contributed by atoms with E-state index in [1.54, 1.807) is 36.4 Å². The highest BCUT2D eigenvalue weighted by molar-refractivity contribution is 5.24. The molecule has 3 rings (SSSR count). The number of ether oxygens (including phenoxy) is 3. The second kappa shape index (κ2) is 7.53. The summed E-state index contributed by atoms with van der Waals surface area (Å²) in [7, 11) is 0. The van der Waals surface area contributed by atoms with Crippen LogP contribution in [0.15, 0.2) is 91.0 Å². The highest BCUT2D eigenvalue weighted by Crippen LogP contribution is 2.22. The standard InChI is InChI=1S/C20H18O4/c21-20(23-18-12-6-2-7-13-18,24-19-14-8-3-9-15-19)16-22-17-10-4-1-5-11-17/h1-15,21H,16H2. The second-order valence-electron chi connectivity index (χ2n) is 5.14. The average molecular weight is 322 g/mol. The third kappa shape index (κ3) is 4.51. The van der Waals surface area contributed by atoms with E-state index in [1.807, 2.05) is 54.6 Å². The molecule has 0 saturated heterocycles. The molecule has 0 atom stereocenters. The fourth-order valence-corrected chi connectivity index (χ4v) is 2.12. The zero-order chi connectivity index (χ0) is 16.7. The van der Waals surface area contributed by atoms with Gasteiger partial charge in [0.25, 0.3) is 0 Å². The van der Waals surface area contributed by atoms with Crippen LogP contribution in [0.2, 0.25) is 0 Å². The molecular formula is C20H18O4. The monoisotopic (exact) mass is 322 g/mol. The Morgan fingerprint density at radius 3 is 1.38 bits per heavy atom. The second-order valence-corrected chi connectivity index (χ2v) is 5.14. The average Bonchev–Trinajstić information content (AvgIpc) is 2.63. The van der Waals surface area contributed by atoms with Crippen LogP contribution < -0.4 is 14.2 Å². The lowest BCUT2D eigenvalue weighted by Crippen LogP contribution is -2.47. The van der Waals surface area contributed by atoms with E-state index in [2.05, 4.69) is 0 Å². The van der Waals surface area contributed by atoms with Crippen LogP contribution in [0, 0.1) is 0 Å². The molecule has 0 fully saturated rings. The van der Waals surface area contributed by atoms with Crippen LogP contribution in [0.5, 0.6) is 17.2 Å². The minimum Gasteiger partial charge on any atom is -0.482 e. The molecule has 3 aromatic rings. The molecule has 0 aliphatic rings. The molecule has 1 N–H and O–H groups in total. The van der Waals surface area contributed by atoms with E-state index in [-0.39, 0.29) is 6.61 Å². The van der Waals surface area contributed by atoms with Gasteiger partial charge in [-0.25, -0.2) is 0 Å². The number of para-hydroxylation sites is 3. The molecule has 0 spiro atoms. The van der Waals surface area contributed by atoms with Crippen molar-refractivity contribution >= 4 is 0 Å².